The van der Waals surface area contributed by atoms with Crippen LogP contribution in [-0.2, 0) is 16.1 Å². The number of hydrogen-bond acceptors (Lipinski definition) is 5. The van der Waals surface area contributed by atoms with Gasteiger partial charge in [-0.15, -0.1) is 0 Å². The van der Waals surface area contributed by atoms with Gasteiger partial charge in [-0.2, -0.15) is 5.10 Å². The molecule has 0 saturated heterocycles. The lowest BCUT2D eigenvalue weighted by Crippen LogP contribution is -2.14. The third-order valence-corrected chi connectivity index (χ3v) is 2.96. The lowest BCUT2D eigenvalue weighted by atomic mass is 10.1. The van der Waals surface area contributed by atoms with E-state index in [0.717, 1.165) is 11.1 Å². The predicted octanol–water partition coefficient (Wildman–Crippen LogP) is 1.75. The van der Waals surface area contributed by atoms with Gasteiger partial charge in [-0.3, -0.25) is 0 Å². The summed E-state index contributed by atoms with van der Waals surface area (Å²) in [5.74, 6) is -0.504. The highest BCUT2D eigenvalue weighted by Crippen LogP contribution is 2.07. The van der Waals surface area contributed by atoms with Crippen LogP contribution >= 0.6 is 0 Å². The number of hydrogen-bond donors (Lipinski definition) is 1. The van der Waals surface area contributed by atoms with E-state index in [1.165, 1.54) is 12.4 Å². The van der Waals surface area contributed by atoms with E-state index in [-0.39, 0.29) is 12.3 Å². The van der Waals surface area contributed by atoms with Crippen LogP contribution in [0.3, 0.4) is 0 Å². The summed E-state index contributed by atoms with van der Waals surface area (Å²) in [6.07, 6.45) is 8.36. The van der Waals surface area contributed by atoms with E-state index in [2.05, 4.69) is 10.1 Å². The molecule has 0 amide bonds. The maximum atomic E-state index is 11.3. The lowest BCUT2D eigenvalue weighted by Gasteiger charge is -2.02. The van der Waals surface area contributed by atoms with Gasteiger partial charge in [0.15, 0.2) is 0 Å². The first-order valence-corrected chi connectivity index (χ1v) is 6.86. The first kappa shape index (κ1) is 15.5. The Balaban J connectivity index is 1.83. The summed E-state index contributed by atoms with van der Waals surface area (Å²) < 4.78 is 6.73. The van der Waals surface area contributed by atoms with Crippen molar-refractivity contribution < 1.29 is 9.53 Å². The largest absolute Gasteiger partial charge is 0.457 e. The zero-order chi connectivity index (χ0) is 15.8. The summed E-state index contributed by atoms with van der Waals surface area (Å²) in [5, 5.41) is 4.06. The van der Waals surface area contributed by atoms with Crippen molar-refractivity contribution in [1.82, 2.24) is 14.8 Å². The Bertz CT molecular complexity index is 658. The van der Waals surface area contributed by atoms with Gasteiger partial charge in [0.05, 0.1) is 6.54 Å². The van der Waals surface area contributed by atoms with Gasteiger partial charge < -0.3 is 10.5 Å². The van der Waals surface area contributed by atoms with E-state index in [4.69, 9.17) is 10.5 Å². The van der Waals surface area contributed by atoms with Gasteiger partial charge in [0.1, 0.15) is 25.0 Å². The summed E-state index contributed by atoms with van der Waals surface area (Å²) in [4.78, 5) is 15.2. The number of aromatic nitrogens is 3. The number of rotatable bonds is 6. The van der Waals surface area contributed by atoms with Crippen molar-refractivity contribution in [3.05, 3.63) is 65.9 Å². The molecule has 0 bridgehead atoms. The molecule has 0 radical (unpaired) electrons. The van der Waals surface area contributed by atoms with Crippen LogP contribution < -0.4 is 5.73 Å². The Kier molecular flexibility index (Phi) is 5.48. The van der Waals surface area contributed by atoms with E-state index in [1.54, 1.807) is 24.0 Å². The molecule has 0 aliphatic carbocycles. The van der Waals surface area contributed by atoms with E-state index in [1.807, 2.05) is 30.3 Å². The number of nitrogens with zero attached hydrogens (tertiary/aromatic N) is 3. The minimum absolute atomic E-state index is 0.117. The summed E-state index contributed by atoms with van der Waals surface area (Å²) in [6.45, 7) is 2.56. The fraction of sp³-hybridized carbons (Fsp3) is 0.188. The first-order chi connectivity index (χ1) is 10.7. The maximum Gasteiger partial charge on any atom is 0.354 e. The Morgan fingerprint density at radius 1 is 1.36 bits per heavy atom. The van der Waals surface area contributed by atoms with Gasteiger partial charge >= 0.3 is 5.97 Å². The van der Waals surface area contributed by atoms with Crippen molar-refractivity contribution in [2.24, 2.45) is 5.73 Å². The number of ether oxygens (including phenoxy) is 1. The normalized spacial score (nSPS) is 11.8. The molecule has 0 aliphatic heterocycles. The minimum atomic E-state index is -0.504. The zero-order valence-corrected chi connectivity index (χ0v) is 12.3. The number of nitrogens with two attached hydrogens (primary N) is 1. The van der Waals surface area contributed by atoms with Crippen LogP contribution in [0.1, 0.15) is 18.1 Å². The van der Waals surface area contributed by atoms with Gasteiger partial charge in [-0.05, 0) is 24.1 Å². The van der Waals surface area contributed by atoms with Crippen molar-refractivity contribution >= 4 is 12.0 Å². The first-order valence-electron chi connectivity index (χ1n) is 6.86. The standard InChI is InChI=1S/C16H18N4O2/c1-2-15(17)16(21)22-9-3-4-13-5-7-14(8-6-13)10-20-12-18-11-19-20/h2-8,11-12H,9-10,17H2,1H3/b4-3?,15-2-. The van der Waals surface area contributed by atoms with Gasteiger partial charge in [0.25, 0.3) is 0 Å². The molecular formula is C16H18N4O2. The second-order valence-electron chi connectivity index (χ2n) is 4.58. The van der Waals surface area contributed by atoms with E-state index in [0.29, 0.717) is 6.54 Å². The number of carbonyl (C=O) groups excluding carboxylic acids is 1. The van der Waals surface area contributed by atoms with Crippen LogP contribution in [-0.4, -0.2) is 27.3 Å². The maximum absolute atomic E-state index is 11.3. The van der Waals surface area contributed by atoms with Gasteiger partial charge in [0, 0.05) is 0 Å². The van der Waals surface area contributed by atoms with Gasteiger partial charge in [-0.25, -0.2) is 14.5 Å². The number of carbonyl (C=O) groups is 1. The van der Waals surface area contributed by atoms with E-state index >= 15 is 0 Å². The summed E-state index contributed by atoms with van der Waals surface area (Å²) in [7, 11) is 0. The average Bonchev–Trinajstić information content (AvgIpc) is 3.05. The molecule has 1 aromatic heterocycles. The highest BCUT2D eigenvalue weighted by molar-refractivity contribution is 5.87. The average molecular weight is 298 g/mol. The topological polar surface area (TPSA) is 83.0 Å². The van der Waals surface area contributed by atoms with Crippen molar-refractivity contribution in [2.45, 2.75) is 13.5 Å². The van der Waals surface area contributed by atoms with E-state index in [9.17, 15) is 4.79 Å². The van der Waals surface area contributed by atoms with Gasteiger partial charge in [-0.1, -0.05) is 36.4 Å². The van der Waals surface area contributed by atoms with Gasteiger partial charge in [0.2, 0.25) is 0 Å². The summed E-state index contributed by atoms with van der Waals surface area (Å²) in [6, 6.07) is 8.02. The predicted molar refractivity (Wildman–Crippen MR) is 83.5 cm³/mol. The third kappa shape index (κ3) is 4.59. The van der Waals surface area contributed by atoms with E-state index < -0.39 is 5.97 Å². The van der Waals surface area contributed by atoms with Crippen LogP contribution in [0.25, 0.3) is 6.08 Å². The molecule has 0 unspecified atom stereocenters. The molecule has 2 rings (SSSR count). The summed E-state index contributed by atoms with van der Waals surface area (Å²) in [5.41, 5.74) is 7.71. The SMILES string of the molecule is C/C=C(\N)C(=O)OCC=Cc1ccc(Cn2cncn2)cc1. The molecule has 2 N–H and O–H groups in total. The molecule has 0 aliphatic rings. The minimum Gasteiger partial charge on any atom is -0.457 e. The number of esters is 1. The highest BCUT2D eigenvalue weighted by atomic mass is 16.5. The van der Waals surface area contributed by atoms with Crippen LogP contribution in [0, 0.1) is 0 Å². The van der Waals surface area contributed by atoms with Crippen molar-refractivity contribution in [1.29, 1.82) is 0 Å². The summed E-state index contributed by atoms with van der Waals surface area (Å²) >= 11 is 0. The molecular weight excluding hydrogens is 280 g/mol. The van der Waals surface area contributed by atoms with Crippen molar-refractivity contribution in [3.8, 4) is 0 Å². The third-order valence-electron chi connectivity index (χ3n) is 2.96. The fourth-order valence-electron chi connectivity index (χ4n) is 1.74. The van der Waals surface area contributed by atoms with Crippen LogP contribution in [0.2, 0.25) is 0 Å². The molecule has 2 aromatic rings. The van der Waals surface area contributed by atoms with Crippen LogP contribution in [0.4, 0.5) is 0 Å². The number of benzene rings is 1. The van der Waals surface area contributed by atoms with Crippen LogP contribution in [0.15, 0.2) is 54.8 Å². The van der Waals surface area contributed by atoms with Crippen molar-refractivity contribution in [2.75, 3.05) is 6.61 Å². The Morgan fingerprint density at radius 3 is 2.77 bits per heavy atom. The Morgan fingerprint density at radius 2 is 2.14 bits per heavy atom. The zero-order valence-electron chi connectivity index (χ0n) is 12.3. The second-order valence-corrected chi connectivity index (χ2v) is 4.58. The van der Waals surface area contributed by atoms with Crippen LogP contribution in [0.5, 0.6) is 0 Å². The fourth-order valence-corrected chi connectivity index (χ4v) is 1.74. The second kappa shape index (κ2) is 7.78. The molecule has 6 heteroatoms. The lowest BCUT2D eigenvalue weighted by molar-refractivity contribution is -0.137. The molecule has 22 heavy (non-hydrogen) atoms. The smallest absolute Gasteiger partial charge is 0.354 e. The highest BCUT2D eigenvalue weighted by Gasteiger charge is 2.02. The number of allylic oxidation sites excluding steroid dienone is 1. The molecule has 0 fully saturated rings. The molecule has 0 saturated carbocycles. The quantitative estimate of drug-likeness (QED) is 0.649. The monoisotopic (exact) mass is 298 g/mol. The molecule has 114 valence electrons. The molecule has 0 atom stereocenters. The van der Waals surface area contributed by atoms with Crippen molar-refractivity contribution in [3.63, 3.8) is 0 Å². The molecule has 1 aromatic carbocycles. The molecule has 1 heterocycles. The molecule has 6 nitrogen and oxygen atoms in total. The molecule has 0 spiro atoms. The Labute approximate surface area is 128 Å². The Hall–Kier alpha value is -2.89.